The van der Waals surface area contributed by atoms with Crippen molar-refractivity contribution in [2.75, 3.05) is 5.75 Å². The van der Waals surface area contributed by atoms with Crippen LogP contribution < -0.4 is 4.72 Å². The predicted octanol–water partition coefficient (Wildman–Crippen LogP) is 2.71. The number of sulfonamides is 1. The highest BCUT2D eigenvalue weighted by Crippen LogP contribution is 2.21. The second-order valence-electron chi connectivity index (χ2n) is 4.60. The minimum Gasteiger partial charge on any atom is -0.472 e. The predicted molar refractivity (Wildman–Crippen MR) is 73.2 cm³/mol. The van der Waals surface area contributed by atoms with Crippen molar-refractivity contribution in [3.63, 3.8) is 0 Å². The number of halogens is 3. The van der Waals surface area contributed by atoms with Gasteiger partial charge in [-0.2, -0.15) is 13.2 Å². The fourth-order valence-electron chi connectivity index (χ4n) is 1.69. The van der Waals surface area contributed by atoms with Crippen LogP contribution in [0.1, 0.15) is 12.0 Å². The van der Waals surface area contributed by atoms with Crippen molar-refractivity contribution in [1.29, 1.82) is 0 Å². The Morgan fingerprint density at radius 2 is 2.00 bits per heavy atom. The Kier molecular flexibility index (Phi) is 4.87. The topological polar surface area (TPSA) is 72.2 Å². The van der Waals surface area contributed by atoms with Crippen molar-refractivity contribution in [3.8, 4) is 11.1 Å². The van der Waals surface area contributed by atoms with Crippen molar-refractivity contribution in [3.05, 3.63) is 42.6 Å². The zero-order valence-electron chi connectivity index (χ0n) is 11.3. The van der Waals surface area contributed by atoms with Crippen LogP contribution in [-0.2, 0) is 16.6 Å². The molecule has 0 saturated carbocycles. The van der Waals surface area contributed by atoms with Crippen molar-refractivity contribution in [2.45, 2.75) is 19.1 Å². The summed E-state index contributed by atoms with van der Waals surface area (Å²) < 4.78 is 66.2. The maximum absolute atomic E-state index is 12.0. The van der Waals surface area contributed by atoms with Crippen LogP contribution in [0.3, 0.4) is 0 Å². The monoisotopic (exact) mass is 334 g/mol. The van der Waals surface area contributed by atoms with Crippen molar-refractivity contribution in [2.24, 2.45) is 0 Å². The fraction of sp³-hybridized carbons (Fsp3) is 0.308. The molecule has 2 aromatic rings. The number of pyridine rings is 1. The number of furan rings is 1. The first kappa shape index (κ1) is 16.5. The van der Waals surface area contributed by atoms with E-state index in [0.717, 1.165) is 11.1 Å². The highest BCUT2D eigenvalue weighted by molar-refractivity contribution is 7.89. The van der Waals surface area contributed by atoms with E-state index >= 15 is 0 Å². The van der Waals surface area contributed by atoms with Gasteiger partial charge in [-0.1, -0.05) is 0 Å². The molecule has 0 unspecified atom stereocenters. The van der Waals surface area contributed by atoms with Gasteiger partial charge in [-0.3, -0.25) is 4.98 Å². The van der Waals surface area contributed by atoms with Gasteiger partial charge in [-0.05, 0) is 17.7 Å². The Labute approximate surface area is 125 Å². The average molecular weight is 334 g/mol. The molecule has 0 radical (unpaired) electrons. The fourth-order valence-corrected chi connectivity index (χ4v) is 2.72. The van der Waals surface area contributed by atoms with E-state index in [1.165, 1.54) is 18.7 Å². The minimum absolute atomic E-state index is 0.126. The number of rotatable bonds is 6. The zero-order chi connectivity index (χ0) is 16.2. The lowest BCUT2D eigenvalue weighted by molar-refractivity contribution is -0.129. The first-order valence-electron chi connectivity index (χ1n) is 6.26. The smallest absolute Gasteiger partial charge is 0.390 e. The molecule has 2 rings (SSSR count). The third kappa shape index (κ3) is 5.15. The van der Waals surface area contributed by atoms with Crippen molar-refractivity contribution < 1.29 is 26.0 Å². The molecular weight excluding hydrogens is 321 g/mol. The van der Waals surface area contributed by atoms with Gasteiger partial charge in [0.2, 0.25) is 10.0 Å². The molecular formula is C13H13F3N2O3S. The van der Waals surface area contributed by atoms with E-state index < -0.39 is 28.4 Å². The summed E-state index contributed by atoms with van der Waals surface area (Å²) in [5.41, 5.74) is 2.03. The van der Waals surface area contributed by atoms with Gasteiger partial charge >= 0.3 is 6.18 Å². The molecule has 0 aromatic carbocycles. The van der Waals surface area contributed by atoms with Gasteiger partial charge in [-0.15, -0.1) is 0 Å². The van der Waals surface area contributed by atoms with Crippen molar-refractivity contribution in [1.82, 2.24) is 9.71 Å². The number of alkyl halides is 3. The zero-order valence-corrected chi connectivity index (χ0v) is 12.1. The molecule has 9 heteroatoms. The van der Waals surface area contributed by atoms with Crippen LogP contribution in [0.25, 0.3) is 11.1 Å². The van der Waals surface area contributed by atoms with Crippen LogP contribution in [-0.4, -0.2) is 25.3 Å². The second-order valence-corrected chi connectivity index (χ2v) is 6.53. The van der Waals surface area contributed by atoms with Crippen LogP contribution in [0.15, 0.2) is 41.5 Å². The van der Waals surface area contributed by atoms with E-state index in [9.17, 15) is 21.6 Å². The molecule has 0 aliphatic heterocycles. The van der Waals surface area contributed by atoms with Crippen LogP contribution in [0.2, 0.25) is 0 Å². The summed E-state index contributed by atoms with van der Waals surface area (Å²) in [7, 11) is -4.00. The lowest BCUT2D eigenvalue weighted by Crippen LogP contribution is -2.28. The average Bonchev–Trinajstić information content (AvgIpc) is 2.97. The largest absolute Gasteiger partial charge is 0.472 e. The molecule has 0 spiro atoms. The molecule has 0 amide bonds. The third-order valence-electron chi connectivity index (χ3n) is 2.80. The molecule has 0 aliphatic rings. The van der Waals surface area contributed by atoms with Gasteiger partial charge in [0.25, 0.3) is 0 Å². The SMILES string of the molecule is O=S(=O)(CCC(F)(F)F)NCc1cncc(-c2ccoc2)c1. The first-order valence-corrected chi connectivity index (χ1v) is 7.91. The van der Waals surface area contributed by atoms with E-state index in [1.54, 1.807) is 18.3 Å². The summed E-state index contributed by atoms with van der Waals surface area (Å²) in [6.07, 6.45) is 0.131. The van der Waals surface area contributed by atoms with Crippen LogP contribution in [0, 0.1) is 0 Å². The standard InChI is InChI=1S/C13H13F3N2O3S/c14-13(15,16)2-4-22(19,20)18-7-10-5-12(8-17-6-10)11-1-3-21-9-11/h1,3,5-6,8-9,18H,2,4,7H2. The lowest BCUT2D eigenvalue weighted by atomic mass is 10.1. The Bertz CT molecular complexity index is 712. The molecule has 0 fully saturated rings. The Morgan fingerprint density at radius 3 is 2.64 bits per heavy atom. The van der Waals surface area contributed by atoms with E-state index in [1.807, 2.05) is 0 Å². The molecule has 2 aromatic heterocycles. The van der Waals surface area contributed by atoms with E-state index in [4.69, 9.17) is 4.42 Å². The van der Waals surface area contributed by atoms with Gasteiger partial charge in [0.15, 0.2) is 0 Å². The van der Waals surface area contributed by atoms with Gasteiger partial charge < -0.3 is 4.42 Å². The van der Waals surface area contributed by atoms with Gasteiger partial charge in [0, 0.05) is 30.1 Å². The summed E-state index contributed by atoms with van der Waals surface area (Å²) in [4.78, 5) is 3.97. The molecule has 22 heavy (non-hydrogen) atoms. The van der Waals surface area contributed by atoms with Crippen LogP contribution in [0.4, 0.5) is 13.2 Å². The molecule has 1 N–H and O–H groups in total. The third-order valence-corrected chi connectivity index (χ3v) is 4.13. The number of nitrogens with zero attached hydrogens (tertiary/aromatic N) is 1. The van der Waals surface area contributed by atoms with Gasteiger partial charge in [0.05, 0.1) is 24.7 Å². The quantitative estimate of drug-likeness (QED) is 0.882. The molecule has 0 bridgehead atoms. The normalized spacial score (nSPS) is 12.5. The van der Waals surface area contributed by atoms with E-state index in [-0.39, 0.29) is 6.54 Å². The summed E-state index contributed by atoms with van der Waals surface area (Å²) in [5.74, 6) is -0.995. The highest BCUT2D eigenvalue weighted by atomic mass is 32.2. The Hall–Kier alpha value is -1.87. The van der Waals surface area contributed by atoms with Crippen molar-refractivity contribution >= 4 is 10.0 Å². The van der Waals surface area contributed by atoms with Gasteiger partial charge in [-0.25, -0.2) is 13.1 Å². The number of nitrogens with one attached hydrogen (secondary N) is 1. The molecule has 2 heterocycles. The van der Waals surface area contributed by atoms with Gasteiger partial charge in [0.1, 0.15) is 0 Å². The van der Waals surface area contributed by atoms with Crippen LogP contribution >= 0.6 is 0 Å². The maximum Gasteiger partial charge on any atom is 0.390 e. The summed E-state index contributed by atoms with van der Waals surface area (Å²) in [6, 6.07) is 3.40. The molecule has 120 valence electrons. The molecule has 0 aliphatic carbocycles. The molecule has 0 saturated heterocycles. The number of hydrogen-bond donors (Lipinski definition) is 1. The summed E-state index contributed by atoms with van der Waals surface area (Å²) in [5, 5.41) is 0. The maximum atomic E-state index is 12.0. The summed E-state index contributed by atoms with van der Waals surface area (Å²) in [6.45, 7) is -0.126. The Balaban J connectivity index is 1.98. The van der Waals surface area contributed by atoms with Crippen LogP contribution in [0.5, 0.6) is 0 Å². The molecule has 5 nitrogen and oxygen atoms in total. The minimum atomic E-state index is -4.50. The van der Waals surface area contributed by atoms with E-state index in [2.05, 4.69) is 9.71 Å². The number of aromatic nitrogens is 1. The lowest BCUT2D eigenvalue weighted by Gasteiger charge is -2.09. The first-order chi connectivity index (χ1) is 10.3. The molecule has 0 atom stereocenters. The van der Waals surface area contributed by atoms with E-state index in [0.29, 0.717) is 5.56 Å². The Morgan fingerprint density at radius 1 is 1.23 bits per heavy atom. The highest BCUT2D eigenvalue weighted by Gasteiger charge is 2.29. The number of hydrogen-bond acceptors (Lipinski definition) is 4. The summed E-state index contributed by atoms with van der Waals surface area (Å²) >= 11 is 0. The second kappa shape index (κ2) is 6.49.